The zero-order valence-corrected chi connectivity index (χ0v) is 10.7. The first-order valence-corrected chi connectivity index (χ1v) is 5.74. The fourth-order valence-electron chi connectivity index (χ4n) is 0.954. The van der Waals surface area contributed by atoms with Gasteiger partial charge in [-0.05, 0) is 20.8 Å². The van der Waals surface area contributed by atoms with Gasteiger partial charge in [0.05, 0.1) is 6.61 Å². The Morgan fingerprint density at radius 2 is 1.94 bits per heavy atom. The van der Waals surface area contributed by atoms with E-state index in [4.69, 9.17) is 25.8 Å². The monoisotopic (exact) mass is 254 g/mol. The Kier molecular flexibility index (Phi) is 9.37. The van der Waals surface area contributed by atoms with Crippen LogP contribution >= 0.6 is 11.6 Å². The number of ether oxygens (including phenoxy) is 4. The molecule has 6 heteroatoms. The Balaban J connectivity index is 3.86. The number of hydrogen-bond donors (Lipinski definition) is 0. The molecule has 16 heavy (non-hydrogen) atoms. The van der Waals surface area contributed by atoms with E-state index in [1.807, 2.05) is 13.8 Å². The summed E-state index contributed by atoms with van der Waals surface area (Å²) in [5, 5.41) is 0. The summed E-state index contributed by atoms with van der Waals surface area (Å²) in [7, 11) is 0. The van der Waals surface area contributed by atoms with Crippen molar-refractivity contribution in [2.75, 3.05) is 19.8 Å². The first kappa shape index (κ1) is 15.5. The lowest BCUT2D eigenvalue weighted by Gasteiger charge is -2.17. The smallest absolute Gasteiger partial charge is 0.415 e. The van der Waals surface area contributed by atoms with Crippen LogP contribution in [0.25, 0.3) is 0 Å². The minimum absolute atomic E-state index is 0.445. The maximum Gasteiger partial charge on any atom is 0.512 e. The minimum atomic E-state index is -0.836. The fourth-order valence-corrected chi connectivity index (χ4v) is 1.03. The van der Waals surface area contributed by atoms with Gasteiger partial charge in [0.25, 0.3) is 0 Å². The van der Waals surface area contributed by atoms with Crippen molar-refractivity contribution in [2.45, 2.75) is 39.0 Å². The van der Waals surface area contributed by atoms with Crippen molar-refractivity contribution in [3.8, 4) is 0 Å². The van der Waals surface area contributed by atoms with Gasteiger partial charge in [-0.3, -0.25) is 0 Å². The molecular weight excluding hydrogens is 236 g/mol. The maximum atomic E-state index is 11.1. The standard InChI is InChI=1S/C10H19ClO5/c1-4-13-7-6-9(14-5-2)16-10(12)15-8(3)11/h8-9H,4-7H2,1-3H3. The van der Waals surface area contributed by atoms with E-state index in [0.29, 0.717) is 26.2 Å². The van der Waals surface area contributed by atoms with E-state index in [1.165, 1.54) is 6.92 Å². The van der Waals surface area contributed by atoms with Gasteiger partial charge in [-0.15, -0.1) is 0 Å². The van der Waals surface area contributed by atoms with Crippen LogP contribution in [0.5, 0.6) is 0 Å². The van der Waals surface area contributed by atoms with Crippen LogP contribution in [0, 0.1) is 0 Å². The van der Waals surface area contributed by atoms with E-state index >= 15 is 0 Å². The number of hydrogen-bond acceptors (Lipinski definition) is 5. The predicted octanol–water partition coefficient (Wildman–Crippen LogP) is 2.51. The summed E-state index contributed by atoms with van der Waals surface area (Å²) < 4.78 is 19.8. The van der Waals surface area contributed by atoms with Crippen LogP contribution in [0.15, 0.2) is 0 Å². The molecule has 0 aliphatic carbocycles. The number of rotatable bonds is 8. The van der Waals surface area contributed by atoms with Gasteiger partial charge in [0.1, 0.15) is 0 Å². The molecule has 0 aromatic carbocycles. The predicted molar refractivity (Wildman–Crippen MR) is 59.4 cm³/mol. The van der Waals surface area contributed by atoms with Crippen molar-refractivity contribution in [1.29, 1.82) is 0 Å². The molecular formula is C10H19ClO5. The lowest BCUT2D eigenvalue weighted by Crippen LogP contribution is -2.24. The van der Waals surface area contributed by atoms with Crippen molar-refractivity contribution >= 4 is 17.8 Å². The first-order chi connectivity index (χ1) is 7.60. The summed E-state index contributed by atoms with van der Waals surface area (Å²) in [6.45, 7) is 6.75. The van der Waals surface area contributed by atoms with Crippen molar-refractivity contribution in [3.05, 3.63) is 0 Å². The Morgan fingerprint density at radius 3 is 2.44 bits per heavy atom. The Morgan fingerprint density at radius 1 is 1.25 bits per heavy atom. The molecule has 0 rings (SSSR count). The van der Waals surface area contributed by atoms with Gasteiger partial charge in [0.15, 0.2) is 5.56 Å². The molecule has 0 heterocycles. The van der Waals surface area contributed by atoms with Crippen molar-refractivity contribution in [2.24, 2.45) is 0 Å². The maximum absolute atomic E-state index is 11.1. The molecule has 5 nitrogen and oxygen atoms in total. The van der Waals surface area contributed by atoms with Crippen LogP contribution in [0.2, 0.25) is 0 Å². The molecule has 0 radical (unpaired) electrons. The van der Waals surface area contributed by atoms with Crippen LogP contribution in [0.4, 0.5) is 4.79 Å². The minimum Gasteiger partial charge on any atom is -0.415 e. The van der Waals surface area contributed by atoms with Gasteiger partial charge >= 0.3 is 6.16 Å². The molecule has 0 N–H and O–H groups in total. The molecule has 0 bridgehead atoms. The second kappa shape index (κ2) is 9.69. The molecule has 96 valence electrons. The van der Waals surface area contributed by atoms with Gasteiger partial charge in [0.2, 0.25) is 6.29 Å². The quantitative estimate of drug-likeness (QED) is 0.288. The van der Waals surface area contributed by atoms with Gasteiger partial charge in [-0.2, -0.15) is 0 Å². The lowest BCUT2D eigenvalue weighted by molar-refractivity contribution is -0.130. The number of alkyl halides is 1. The highest BCUT2D eigenvalue weighted by molar-refractivity contribution is 6.19. The summed E-state index contributed by atoms with van der Waals surface area (Å²) in [6, 6.07) is 0. The molecule has 0 aromatic rings. The van der Waals surface area contributed by atoms with Crippen LogP contribution in [-0.4, -0.2) is 37.8 Å². The lowest BCUT2D eigenvalue weighted by atomic mass is 10.4. The van der Waals surface area contributed by atoms with Crippen molar-refractivity contribution in [1.82, 2.24) is 0 Å². The molecule has 0 amide bonds. The number of carbonyl (C=O) groups is 1. The highest BCUT2D eigenvalue weighted by atomic mass is 35.5. The van der Waals surface area contributed by atoms with E-state index in [0.717, 1.165) is 0 Å². The zero-order valence-electron chi connectivity index (χ0n) is 9.90. The first-order valence-electron chi connectivity index (χ1n) is 5.30. The molecule has 0 fully saturated rings. The largest absolute Gasteiger partial charge is 0.512 e. The van der Waals surface area contributed by atoms with Gasteiger partial charge in [-0.1, -0.05) is 11.6 Å². The summed E-state index contributed by atoms with van der Waals surface area (Å²) in [6.07, 6.45) is -1.02. The van der Waals surface area contributed by atoms with Crippen LogP contribution in [0.3, 0.4) is 0 Å². The molecule has 2 atom stereocenters. The van der Waals surface area contributed by atoms with Crippen LogP contribution < -0.4 is 0 Å². The Hall–Kier alpha value is -0.520. The van der Waals surface area contributed by atoms with E-state index in [1.54, 1.807) is 0 Å². The Bertz CT molecular complexity index is 186. The second-order valence-electron chi connectivity index (χ2n) is 2.90. The summed E-state index contributed by atoms with van der Waals surface area (Å²) in [5.74, 6) is 0. The van der Waals surface area contributed by atoms with Crippen molar-refractivity contribution in [3.63, 3.8) is 0 Å². The topological polar surface area (TPSA) is 54.0 Å². The normalized spacial score (nSPS) is 14.2. The van der Waals surface area contributed by atoms with E-state index < -0.39 is 18.0 Å². The molecule has 0 aliphatic heterocycles. The highest BCUT2D eigenvalue weighted by Gasteiger charge is 2.16. The summed E-state index contributed by atoms with van der Waals surface area (Å²) in [5.41, 5.74) is -0.721. The van der Waals surface area contributed by atoms with Gasteiger partial charge < -0.3 is 18.9 Å². The van der Waals surface area contributed by atoms with E-state index in [9.17, 15) is 4.79 Å². The highest BCUT2D eigenvalue weighted by Crippen LogP contribution is 2.06. The third kappa shape index (κ3) is 8.76. The molecule has 0 saturated carbocycles. The number of carbonyl (C=O) groups excluding carboxylic acids is 1. The van der Waals surface area contributed by atoms with Crippen molar-refractivity contribution < 1.29 is 23.7 Å². The zero-order chi connectivity index (χ0) is 12.4. The summed E-state index contributed by atoms with van der Waals surface area (Å²) >= 11 is 5.47. The van der Waals surface area contributed by atoms with E-state index in [2.05, 4.69) is 4.74 Å². The third-order valence-corrected chi connectivity index (χ3v) is 1.63. The molecule has 0 spiro atoms. The molecule has 2 unspecified atom stereocenters. The van der Waals surface area contributed by atoms with Crippen LogP contribution in [-0.2, 0) is 18.9 Å². The molecule has 0 aliphatic rings. The van der Waals surface area contributed by atoms with Gasteiger partial charge in [0, 0.05) is 19.6 Å². The average molecular weight is 255 g/mol. The SMILES string of the molecule is CCOCCC(OCC)OC(=O)OC(C)Cl. The third-order valence-electron chi connectivity index (χ3n) is 1.54. The van der Waals surface area contributed by atoms with Crippen LogP contribution in [0.1, 0.15) is 27.2 Å². The fraction of sp³-hybridized carbons (Fsp3) is 0.900. The average Bonchev–Trinajstić information content (AvgIpc) is 2.16. The number of halogens is 1. The Labute approximate surface area is 101 Å². The second-order valence-corrected chi connectivity index (χ2v) is 3.51. The van der Waals surface area contributed by atoms with E-state index in [-0.39, 0.29) is 0 Å². The summed E-state index contributed by atoms with van der Waals surface area (Å²) in [4.78, 5) is 11.1. The van der Waals surface area contributed by atoms with Gasteiger partial charge in [-0.25, -0.2) is 4.79 Å². The molecule has 0 aromatic heterocycles. The molecule has 0 saturated heterocycles.